The van der Waals surface area contributed by atoms with Gasteiger partial charge in [0.25, 0.3) is 0 Å². The number of carbonyl (C=O) groups excluding carboxylic acids is 1. The number of benzene rings is 1. The Morgan fingerprint density at radius 3 is 2.50 bits per heavy atom. The largest absolute Gasteiger partial charge is 0.439 e. The van der Waals surface area contributed by atoms with Crippen molar-refractivity contribution in [3.63, 3.8) is 0 Å². The van der Waals surface area contributed by atoms with Crippen molar-refractivity contribution in [3.05, 3.63) is 53.2 Å². The molecule has 2 rings (SSSR count). The standard InChI is InChI=1S/C17H19NO2/c1-11(2)15-7-5-12(3)9-16(15)20-17-8-6-14(10-18-17)13(4)19/h5-11H,1-4H3. The molecule has 1 aromatic heterocycles. The summed E-state index contributed by atoms with van der Waals surface area (Å²) in [7, 11) is 0. The monoisotopic (exact) mass is 269 g/mol. The number of nitrogens with zero attached hydrogens (tertiary/aromatic N) is 1. The van der Waals surface area contributed by atoms with E-state index in [1.54, 1.807) is 18.3 Å². The SMILES string of the molecule is CC(=O)c1ccc(Oc2cc(C)ccc2C(C)C)nc1. The molecule has 0 bridgehead atoms. The fourth-order valence-corrected chi connectivity index (χ4v) is 1.97. The summed E-state index contributed by atoms with van der Waals surface area (Å²) in [4.78, 5) is 15.4. The van der Waals surface area contributed by atoms with Gasteiger partial charge in [-0.3, -0.25) is 4.79 Å². The van der Waals surface area contributed by atoms with Gasteiger partial charge in [-0.05, 0) is 43.0 Å². The van der Waals surface area contributed by atoms with Crippen molar-refractivity contribution < 1.29 is 9.53 Å². The third-order valence-corrected chi connectivity index (χ3v) is 3.15. The highest BCUT2D eigenvalue weighted by Crippen LogP contribution is 2.30. The zero-order chi connectivity index (χ0) is 14.7. The van der Waals surface area contributed by atoms with Gasteiger partial charge >= 0.3 is 0 Å². The number of rotatable bonds is 4. The normalized spacial score (nSPS) is 10.7. The predicted molar refractivity (Wildman–Crippen MR) is 79.6 cm³/mol. The van der Waals surface area contributed by atoms with Gasteiger partial charge < -0.3 is 4.74 Å². The molecule has 20 heavy (non-hydrogen) atoms. The maximum Gasteiger partial charge on any atom is 0.219 e. The van der Waals surface area contributed by atoms with Gasteiger partial charge in [-0.25, -0.2) is 4.98 Å². The topological polar surface area (TPSA) is 39.2 Å². The quantitative estimate of drug-likeness (QED) is 0.767. The van der Waals surface area contributed by atoms with Crippen molar-refractivity contribution in [1.29, 1.82) is 0 Å². The lowest BCUT2D eigenvalue weighted by Crippen LogP contribution is -1.97. The Morgan fingerprint density at radius 1 is 1.20 bits per heavy atom. The van der Waals surface area contributed by atoms with E-state index in [9.17, 15) is 4.79 Å². The maximum atomic E-state index is 11.2. The third kappa shape index (κ3) is 3.23. The molecule has 0 aliphatic heterocycles. The molecule has 0 aliphatic carbocycles. The molecule has 0 saturated carbocycles. The second-order valence-electron chi connectivity index (χ2n) is 5.24. The first-order chi connectivity index (χ1) is 9.47. The van der Waals surface area contributed by atoms with Crippen LogP contribution in [0.15, 0.2) is 36.5 Å². The molecule has 2 aromatic rings. The van der Waals surface area contributed by atoms with Crippen LogP contribution >= 0.6 is 0 Å². The van der Waals surface area contributed by atoms with Gasteiger partial charge in [0.05, 0.1) is 0 Å². The first-order valence-corrected chi connectivity index (χ1v) is 6.72. The second-order valence-corrected chi connectivity index (χ2v) is 5.24. The number of aromatic nitrogens is 1. The molecule has 0 unspecified atom stereocenters. The van der Waals surface area contributed by atoms with Crippen molar-refractivity contribution in [2.24, 2.45) is 0 Å². The molecule has 3 heteroatoms. The summed E-state index contributed by atoms with van der Waals surface area (Å²) in [6.45, 7) is 7.81. The molecule has 0 saturated heterocycles. The van der Waals surface area contributed by atoms with Crippen LogP contribution in [0.4, 0.5) is 0 Å². The van der Waals surface area contributed by atoms with E-state index in [0.29, 0.717) is 17.4 Å². The zero-order valence-electron chi connectivity index (χ0n) is 12.3. The van der Waals surface area contributed by atoms with E-state index in [2.05, 4.69) is 31.0 Å². The number of ketones is 1. The van der Waals surface area contributed by atoms with Gasteiger partial charge in [0.2, 0.25) is 5.88 Å². The van der Waals surface area contributed by atoms with Crippen LogP contribution in [-0.4, -0.2) is 10.8 Å². The van der Waals surface area contributed by atoms with Crippen molar-refractivity contribution >= 4 is 5.78 Å². The van der Waals surface area contributed by atoms with Crippen LogP contribution < -0.4 is 4.74 Å². The molecule has 0 amide bonds. The van der Waals surface area contributed by atoms with Crippen molar-refractivity contribution in [2.45, 2.75) is 33.6 Å². The Kier molecular flexibility index (Phi) is 4.18. The highest BCUT2D eigenvalue weighted by atomic mass is 16.5. The summed E-state index contributed by atoms with van der Waals surface area (Å²) in [5, 5.41) is 0. The Labute approximate surface area is 119 Å². The molecule has 0 atom stereocenters. The first kappa shape index (κ1) is 14.3. The molecule has 1 heterocycles. The molecular formula is C17H19NO2. The minimum atomic E-state index is 0.00229. The summed E-state index contributed by atoms with van der Waals surface area (Å²) >= 11 is 0. The van der Waals surface area contributed by atoms with Crippen molar-refractivity contribution in [2.75, 3.05) is 0 Å². The summed E-state index contributed by atoms with van der Waals surface area (Å²) in [5.74, 6) is 1.70. The van der Waals surface area contributed by atoms with Gasteiger partial charge in [-0.15, -0.1) is 0 Å². The van der Waals surface area contributed by atoms with E-state index in [4.69, 9.17) is 4.74 Å². The Hall–Kier alpha value is -2.16. The average Bonchev–Trinajstić information content (AvgIpc) is 2.39. The van der Waals surface area contributed by atoms with Crippen LogP contribution in [0, 0.1) is 6.92 Å². The molecule has 0 fully saturated rings. The molecule has 0 radical (unpaired) electrons. The fourth-order valence-electron chi connectivity index (χ4n) is 1.97. The maximum absolute atomic E-state index is 11.2. The lowest BCUT2D eigenvalue weighted by Gasteiger charge is -2.14. The van der Waals surface area contributed by atoms with Crippen LogP contribution in [0.5, 0.6) is 11.6 Å². The van der Waals surface area contributed by atoms with Gasteiger partial charge in [0.1, 0.15) is 5.75 Å². The van der Waals surface area contributed by atoms with Crippen molar-refractivity contribution in [3.8, 4) is 11.6 Å². The van der Waals surface area contributed by atoms with Crippen LogP contribution in [0.3, 0.4) is 0 Å². The van der Waals surface area contributed by atoms with Gasteiger partial charge in [0, 0.05) is 17.8 Å². The number of pyridine rings is 1. The molecular weight excluding hydrogens is 250 g/mol. The van der Waals surface area contributed by atoms with Crippen LogP contribution in [0.1, 0.15) is 48.2 Å². The molecule has 0 spiro atoms. The smallest absolute Gasteiger partial charge is 0.219 e. The number of carbonyl (C=O) groups is 1. The van der Waals surface area contributed by atoms with E-state index in [1.165, 1.54) is 6.92 Å². The average molecular weight is 269 g/mol. The lowest BCUT2D eigenvalue weighted by atomic mass is 10.0. The molecule has 0 aliphatic rings. The Morgan fingerprint density at radius 2 is 1.95 bits per heavy atom. The molecule has 1 aromatic carbocycles. The Bertz CT molecular complexity index is 615. The third-order valence-electron chi connectivity index (χ3n) is 3.15. The van der Waals surface area contributed by atoms with E-state index < -0.39 is 0 Å². The highest BCUT2D eigenvalue weighted by Gasteiger charge is 2.10. The minimum Gasteiger partial charge on any atom is -0.439 e. The molecule has 0 N–H and O–H groups in total. The summed E-state index contributed by atoms with van der Waals surface area (Å²) in [6, 6.07) is 9.63. The fraction of sp³-hybridized carbons (Fsp3) is 0.294. The second kappa shape index (κ2) is 5.87. The minimum absolute atomic E-state index is 0.00229. The number of ether oxygens (including phenoxy) is 1. The van der Waals surface area contributed by atoms with E-state index in [-0.39, 0.29) is 5.78 Å². The van der Waals surface area contributed by atoms with E-state index >= 15 is 0 Å². The van der Waals surface area contributed by atoms with Gasteiger partial charge in [-0.1, -0.05) is 26.0 Å². The number of Topliss-reactive ketones (excluding diaryl/α,β-unsaturated/α-hetero) is 1. The van der Waals surface area contributed by atoms with Crippen molar-refractivity contribution in [1.82, 2.24) is 4.98 Å². The summed E-state index contributed by atoms with van der Waals surface area (Å²) in [6.07, 6.45) is 1.54. The Balaban J connectivity index is 2.29. The lowest BCUT2D eigenvalue weighted by molar-refractivity contribution is 0.101. The van der Waals surface area contributed by atoms with Crippen LogP contribution in [0.25, 0.3) is 0 Å². The first-order valence-electron chi connectivity index (χ1n) is 6.72. The van der Waals surface area contributed by atoms with E-state index in [0.717, 1.165) is 16.9 Å². The number of hydrogen-bond donors (Lipinski definition) is 0. The van der Waals surface area contributed by atoms with Crippen LogP contribution in [0.2, 0.25) is 0 Å². The van der Waals surface area contributed by atoms with Gasteiger partial charge in [-0.2, -0.15) is 0 Å². The number of aryl methyl sites for hydroxylation is 1. The van der Waals surface area contributed by atoms with E-state index in [1.807, 2.05) is 13.0 Å². The van der Waals surface area contributed by atoms with Gasteiger partial charge in [0.15, 0.2) is 5.78 Å². The summed E-state index contributed by atoms with van der Waals surface area (Å²) in [5.41, 5.74) is 2.88. The molecule has 3 nitrogen and oxygen atoms in total. The molecule has 104 valence electrons. The van der Waals surface area contributed by atoms with Crippen LogP contribution in [-0.2, 0) is 0 Å². The highest BCUT2D eigenvalue weighted by molar-refractivity contribution is 5.93. The summed E-state index contributed by atoms with van der Waals surface area (Å²) < 4.78 is 5.86. The zero-order valence-corrected chi connectivity index (χ0v) is 12.3. The number of hydrogen-bond acceptors (Lipinski definition) is 3. The predicted octanol–water partition coefficient (Wildman–Crippen LogP) is 4.51.